The maximum absolute atomic E-state index is 12.0. The van der Waals surface area contributed by atoms with Crippen LogP contribution < -0.4 is 10.6 Å². The molecule has 2 N–H and O–H groups in total. The van der Waals surface area contributed by atoms with Gasteiger partial charge < -0.3 is 15.4 Å². The van der Waals surface area contributed by atoms with Gasteiger partial charge in [-0.2, -0.15) is 0 Å². The minimum absolute atomic E-state index is 0.0585. The molecule has 0 radical (unpaired) electrons. The summed E-state index contributed by atoms with van der Waals surface area (Å²) in [5.74, 6) is 1.34. The first kappa shape index (κ1) is 12.8. The summed E-state index contributed by atoms with van der Waals surface area (Å²) in [6.07, 6.45) is 3.32. The number of hydrogen-bond donors (Lipinski definition) is 2. The van der Waals surface area contributed by atoms with Crippen LogP contribution in [-0.4, -0.2) is 37.7 Å². The number of rotatable bonds is 2. The predicted molar refractivity (Wildman–Crippen MR) is 66.7 cm³/mol. The van der Waals surface area contributed by atoms with E-state index in [-0.39, 0.29) is 12.0 Å². The smallest absolute Gasteiger partial charge is 0.250 e. The zero-order valence-electron chi connectivity index (χ0n) is 10.9. The van der Waals surface area contributed by atoms with E-state index in [0.29, 0.717) is 31.0 Å². The van der Waals surface area contributed by atoms with E-state index >= 15 is 0 Å². The van der Waals surface area contributed by atoms with Crippen molar-refractivity contribution in [3.05, 3.63) is 0 Å². The van der Waals surface area contributed by atoms with Gasteiger partial charge in [0.1, 0.15) is 6.10 Å². The summed E-state index contributed by atoms with van der Waals surface area (Å²) in [6.45, 7) is 6.65. The molecule has 4 unspecified atom stereocenters. The van der Waals surface area contributed by atoms with Crippen molar-refractivity contribution >= 4 is 5.91 Å². The largest absolute Gasteiger partial charge is 0.366 e. The van der Waals surface area contributed by atoms with Crippen molar-refractivity contribution in [2.24, 2.45) is 11.8 Å². The number of morpholine rings is 1. The van der Waals surface area contributed by atoms with E-state index in [1.807, 2.05) is 0 Å². The number of nitrogens with one attached hydrogen (secondary N) is 2. The van der Waals surface area contributed by atoms with Gasteiger partial charge in [-0.1, -0.05) is 26.7 Å². The van der Waals surface area contributed by atoms with E-state index in [1.54, 1.807) is 0 Å². The normalized spacial score (nSPS) is 38.7. The SMILES string of the molecule is CC1CCCC(NC(=O)C2CNCCO2)C1C. The molecule has 1 heterocycles. The third kappa shape index (κ3) is 3.19. The van der Waals surface area contributed by atoms with Gasteiger partial charge in [0.05, 0.1) is 6.61 Å². The highest BCUT2D eigenvalue weighted by Gasteiger charge is 2.30. The Morgan fingerprint density at radius 3 is 2.88 bits per heavy atom. The van der Waals surface area contributed by atoms with Crippen molar-refractivity contribution in [1.29, 1.82) is 0 Å². The highest BCUT2D eigenvalue weighted by Crippen LogP contribution is 2.29. The Morgan fingerprint density at radius 2 is 2.18 bits per heavy atom. The Balaban J connectivity index is 1.84. The quantitative estimate of drug-likeness (QED) is 0.754. The Bertz CT molecular complexity index is 264. The molecule has 0 aromatic carbocycles. The number of hydrogen-bond acceptors (Lipinski definition) is 3. The van der Waals surface area contributed by atoms with E-state index in [1.165, 1.54) is 12.8 Å². The van der Waals surface area contributed by atoms with Crippen LogP contribution in [0.4, 0.5) is 0 Å². The lowest BCUT2D eigenvalue weighted by Crippen LogP contribution is -2.52. The van der Waals surface area contributed by atoms with Crippen LogP contribution in [0.2, 0.25) is 0 Å². The zero-order chi connectivity index (χ0) is 12.3. The second-order valence-electron chi connectivity index (χ2n) is 5.45. The summed E-state index contributed by atoms with van der Waals surface area (Å²) in [4.78, 5) is 12.0. The van der Waals surface area contributed by atoms with Crippen LogP contribution in [0, 0.1) is 11.8 Å². The third-order valence-electron chi connectivity index (χ3n) is 4.25. The van der Waals surface area contributed by atoms with Crippen molar-refractivity contribution < 1.29 is 9.53 Å². The molecule has 4 nitrogen and oxygen atoms in total. The summed E-state index contributed by atoms with van der Waals surface area (Å²) in [5, 5.41) is 6.35. The molecule has 1 saturated carbocycles. The van der Waals surface area contributed by atoms with Crippen LogP contribution in [0.5, 0.6) is 0 Å². The first-order chi connectivity index (χ1) is 8.18. The fourth-order valence-electron chi connectivity index (χ4n) is 2.80. The molecule has 2 aliphatic rings. The van der Waals surface area contributed by atoms with E-state index in [4.69, 9.17) is 4.74 Å². The molecule has 0 bridgehead atoms. The topological polar surface area (TPSA) is 50.4 Å². The molecular weight excluding hydrogens is 216 g/mol. The summed E-state index contributed by atoms with van der Waals surface area (Å²) >= 11 is 0. The van der Waals surface area contributed by atoms with Gasteiger partial charge in [-0.25, -0.2) is 0 Å². The minimum atomic E-state index is -0.298. The lowest BCUT2D eigenvalue weighted by Gasteiger charge is -2.35. The Labute approximate surface area is 103 Å². The lowest BCUT2D eigenvalue weighted by atomic mass is 9.78. The molecule has 1 aliphatic carbocycles. The van der Waals surface area contributed by atoms with Gasteiger partial charge in [0, 0.05) is 19.1 Å². The predicted octanol–water partition coefficient (Wildman–Crippen LogP) is 0.916. The molecule has 0 spiro atoms. The number of carbonyl (C=O) groups excluding carboxylic acids is 1. The zero-order valence-corrected chi connectivity index (χ0v) is 10.9. The van der Waals surface area contributed by atoms with E-state index < -0.39 is 0 Å². The van der Waals surface area contributed by atoms with Gasteiger partial charge in [-0.05, 0) is 18.3 Å². The average molecular weight is 240 g/mol. The molecule has 98 valence electrons. The first-order valence-electron chi connectivity index (χ1n) is 6.81. The van der Waals surface area contributed by atoms with Gasteiger partial charge in [0.25, 0.3) is 5.91 Å². The van der Waals surface area contributed by atoms with E-state index in [0.717, 1.165) is 13.0 Å². The summed E-state index contributed by atoms with van der Waals surface area (Å²) in [7, 11) is 0. The van der Waals surface area contributed by atoms with Crippen molar-refractivity contribution in [2.45, 2.75) is 45.3 Å². The molecule has 1 aliphatic heterocycles. The van der Waals surface area contributed by atoms with Crippen molar-refractivity contribution in [3.8, 4) is 0 Å². The van der Waals surface area contributed by atoms with Crippen molar-refractivity contribution in [3.63, 3.8) is 0 Å². The van der Waals surface area contributed by atoms with E-state index in [9.17, 15) is 4.79 Å². The van der Waals surface area contributed by atoms with Gasteiger partial charge in [0.15, 0.2) is 0 Å². The number of ether oxygens (including phenoxy) is 1. The van der Waals surface area contributed by atoms with Gasteiger partial charge in [0.2, 0.25) is 0 Å². The van der Waals surface area contributed by atoms with Crippen molar-refractivity contribution in [1.82, 2.24) is 10.6 Å². The second kappa shape index (κ2) is 5.83. The van der Waals surface area contributed by atoms with Gasteiger partial charge >= 0.3 is 0 Å². The number of amides is 1. The van der Waals surface area contributed by atoms with Crippen LogP contribution in [0.1, 0.15) is 33.1 Å². The van der Waals surface area contributed by atoms with E-state index in [2.05, 4.69) is 24.5 Å². The third-order valence-corrected chi connectivity index (χ3v) is 4.25. The molecule has 1 saturated heterocycles. The molecular formula is C13H24N2O2. The number of carbonyl (C=O) groups is 1. The molecule has 17 heavy (non-hydrogen) atoms. The Morgan fingerprint density at radius 1 is 1.35 bits per heavy atom. The highest BCUT2D eigenvalue weighted by atomic mass is 16.5. The minimum Gasteiger partial charge on any atom is -0.366 e. The molecule has 4 heteroatoms. The van der Waals surface area contributed by atoms with Gasteiger partial charge in [-0.15, -0.1) is 0 Å². The Hall–Kier alpha value is -0.610. The van der Waals surface area contributed by atoms with Crippen LogP contribution in [0.25, 0.3) is 0 Å². The van der Waals surface area contributed by atoms with Gasteiger partial charge in [-0.3, -0.25) is 4.79 Å². The fraction of sp³-hybridized carbons (Fsp3) is 0.923. The van der Waals surface area contributed by atoms with Crippen LogP contribution in [0.15, 0.2) is 0 Å². The molecule has 4 atom stereocenters. The first-order valence-corrected chi connectivity index (χ1v) is 6.81. The molecule has 2 fully saturated rings. The molecule has 0 aromatic heterocycles. The fourth-order valence-corrected chi connectivity index (χ4v) is 2.80. The Kier molecular flexibility index (Phi) is 4.40. The molecule has 2 rings (SSSR count). The van der Waals surface area contributed by atoms with Crippen LogP contribution in [0.3, 0.4) is 0 Å². The highest BCUT2D eigenvalue weighted by molar-refractivity contribution is 5.81. The summed E-state index contributed by atoms with van der Waals surface area (Å²) in [6, 6.07) is 0.330. The second-order valence-corrected chi connectivity index (χ2v) is 5.45. The monoisotopic (exact) mass is 240 g/mol. The van der Waals surface area contributed by atoms with Crippen LogP contribution >= 0.6 is 0 Å². The standard InChI is InChI=1S/C13H24N2O2/c1-9-4-3-5-11(10(9)2)15-13(16)12-8-14-6-7-17-12/h9-12,14H,3-8H2,1-2H3,(H,15,16). The molecule has 1 amide bonds. The average Bonchev–Trinajstić information content (AvgIpc) is 2.36. The van der Waals surface area contributed by atoms with Crippen LogP contribution in [-0.2, 0) is 9.53 Å². The maximum Gasteiger partial charge on any atom is 0.250 e. The maximum atomic E-state index is 12.0. The summed E-state index contributed by atoms with van der Waals surface area (Å²) < 4.78 is 5.47. The molecule has 0 aromatic rings. The van der Waals surface area contributed by atoms with Crippen molar-refractivity contribution in [2.75, 3.05) is 19.7 Å². The summed E-state index contributed by atoms with van der Waals surface area (Å²) in [5.41, 5.74) is 0. The lowest BCUT2D eigenvalue weighted by molar-refractivity contribution is -0.135.